The lowest BCUT2D eigenvalue weighted by atomic mass is 10.2. The molecule has 3 rings (SSSR count). The average Bonchev–Trinajstić information content (AvgIpc) is 3.10. The summed E-state index contributed by atoms with van der Waals surface area (Å²) in [6.45, 7) is 0. The number of carbonyl (C=O) groups excluding carboxylic acids is 2. The van der Waals surface area contributed by atoms with E-state index >= 15 is 0 Å². The van der Waals surface area contributed by atoms with E-state index in [9.17, 15) is 9.59 Å². The van der Waals surface area contributed by atoms with Gasteiger partial charge >= 0.3 is 6.03 Å². The zero-order valence-electron chi connectivity index (χ0n) is 12.6. The topological polar surface area (TPSA) is 63.1 Å². The molecule has 0 bridgehead atoms. The molecule has 2 aromatic carbocycles. The van der Waals surface area contributed by atoms with Gasteiger partial charge in [-0.1, -0.05) is 29.8 Å². The smallest absolute Gasteiger partial charge is 0.324 e. The van der Waals surface area contributed by atoms with Crippen LogP contribution in [-0.2, 0) is 0 Å². The predicted molar refractivity (Wildman–Crippen MR) is 93.7 cm³/mol. The van der Waals surface area contributed by atoms with Crippen molar-refractivity contribution in [2.24, 2.45) is 0 Å². The second-order valence-corrected chi connectivity index (χ2v) is 5.44. The van der Waals surface area contributed by atoms with Crippen molar-refractivity contribution in [3.05, 3.63) is 83.6 Å². The molecule has 0 aliphatic rings. The highest BCUT2D eigenvalue weighted by atomic mass is 35.5. The van der Waals surface area contributed by atoms with Gasteiger partial charge in [0.1, 0.15) is 0 Å². The van der Waals surface area contributed by atoms with E-state index in [0.717, 1.165) is 5.69 Å². The zero-order chi connectivity index (χ0) is 16.9. The fourth-order valence-corrected chi connectivity index (χ4v) is 2.45. The molecule has 0 aliphatic carbocycles. The molecule has 1 aromatic heterocycles. The lowest BCUT2D eigenvalue weighted by Crippen LogP contribution is -2.34. The monoisotopic (exact) mass is 339 g/mol. The van der Waals surface area contributed by atoms with Crippen molar-refractivity contribution in [2.75, 3.05) is 5.32 Å². The van der Waals surface area contributed by atoms with Crippen molar-refractivity contribution >= 4 is 29.2 Å². The Morgan fingerprint density at radius 2 is 1.67 bits per heavy atom. The first-order valence-corrected chi connectivity index (χ1v) is 7.61. The van der Waals surface area contributed by atoms with E-state index in [1.165, 1.54) is 0 Å². The lowest BCUT2D eigenvalue weighted by molar-refractivity contribution is 0.0967. The molecule has 24 heavy (non-hydrogen) atoms. The second-order valence-electron chi connectivity index (χ2n) is 5.03. The molecule has 6 heteroatoms. The lowest BCUT2D eigenvalue weighted by Gasteiger charge is -2.09. The van der Waals surface area contributed by atoms with E-state index in [4.69, 9.17) is 11.6 Å². The van der Waals surface area contributed by atoms with Crippen molar-refractivity contribution in [1.82, 2.24) is 9.88 Å². The molecule has 0 unspecified atom stereocenters. The number of hydrogen-bond donors (Lipinski definition) is 2. The van der Waals surface area contributed by atoms with Crippen molar-refractivity contribution < 1.29 is 9.59 Å². The third-order valence-corrected chi connectivity index (χ3v) is 3.68. The normalized spacial score (nSPS) is 10.2. The van der Waals surface area contributed by atoms with Gasteiger partial charge < -0.3 is 9.88 Å². The quantitative estimate of drug-likeness (QED) is 0.754. The van der Waals surface area contributed by atoms with Crippen molar-refractivity contribution in [1.29, 1.82) is 0 Å². The molecular weight excluding hydrogens is 326 g/mol. The van der Waals surface area contributed by atoms with Crippen molar-refractivity contribution in [3.63, 3.8) is 0 Å². The van der Waals surface area contributed by atoms with Crippen molar-refractivity contribution in [2.45, 2.75) is 0 Å². The molecule has 3 aromatic rings. The largest absolute Gasteiger partial charge is 0.326 e. The molecule has 0 atom stereocenters. The number of hydrogen-bond acceptors (Lipinski definition) is 2. The Morgan fingerprint density at radius 1 is 0.917 bits per heavy atom. The summed E-state index contributed by atoms with van der Waals surface area (Å²) in [5, 5.41) is 5.19. The minimum Gasteiger partial charge on any atom is -0.324 e. The Balaban J connectivity index is 1.68. The van der Waals surface area contributed by atoms with Gasteiger partial charge in [0.2, 0.25) is 0 Å². The van der Waals surface area contributed by atoms with E-state index in [2.05, 4.69) is 10.6 Å². The Morgan fingerprint density at radius 3 is 2.42 bits per heavy atom. The van der Waals surface area contributed by atoms with Gasteiger partial charge in [-0.3, -0.25) is 10.1 Å². The highest BCUT2D eigenvalue weighted by Gasteiger charge is 2.13. The summed E-state index contributed by atoms with van der Waals surface area (Å²) in [5.41, 5.74) is 1.72. The van der Waals surface area contributed by atoms with E-state index in [-0.39, 0.29) is 10.6 Å². The van der Waals surface area contributed by atoms with Crippen molar-refractivity contribution in [3.8, 4) is 5.69 Å². The summed E-state index contributed by atoms with van der Waals surface area (Å²) < 4.78 is 1.91. The SMILES string of the molecule is O=C(NC(=O)c1ccccc1Cl)Nc1cccc(-n2cccc2)c1. The fraction of sp³-hybridized carbons (Fsp3) is 0. The first-order valence-electron chi connectivity index (χ1n) is 7.24. The molecule has 0 fully saturated rings. The molecule has 5 nitrogen and oxygen atoms in total. The Bertz CT molecular complexity index is 875. The maximum Gasteiger partial charge on any atom is 0.326 e. The van der Waals surface area contributed by atoms with Gasteiger partial charge in [-0.15, -0.1) is 0 Å². The highest BCUT2D eigenvalue weighted by Crippen LogP contribution is 2.16. The van der Waals surface area contributed by atoms with E-state index in [0.29, 0.717) is 5.69 Å². The number of nitrogens with zero attached hydrogens (tertiary/aromatic N) is 1. The number of amides is 3. The van der Waals surface area contributed by atoms with Gasteiger partial charge in [-0.2, -0.15) is 0 Å². The number of carbonyl (C=O) groups is 2. The Labute approximate surface area is 143 Å². The number of halogens is 1. The molecule has 0 aliphatic heterocycles. The summed E-state index contributed by atoms with van der Waals surface area (Å²) in [6, 6.07) is 17.0. The molecule has 0 spiro atoms. The van der Waals surface area contributed by atoms with Crippen LogP contribution >= 0.6 is 11.6 Å². The first kappa shape index (κ1) is 15.8. The summed E-state index contributed by atoms with van der Waals surface area (Å²) in [6.07, 6.45) is 3.81. The van der Waals surface area contributed by atoms with Crippen LogP contribution in [0.4, 0.5) is 10.5 Å². The third-order valence-electron chi connectivity index (χ3n) is 3.35. The van der Waals surface area contributed by atoms with E-state index < -0.39 is 11.9 Å². The number of imide groups is 1. The Kier molecular flexibility index (Phi) is 4.63. The van der Waals surface area contributed by atoms with E-state index in [1.54, 1.807) is 36.4 Å². The molecule has 2 N–H and O–H groups in total. The third kappa shape index (κ3) is 3.64. The van der Waals surface area contributed by atoms with Crippen LogP contribution in [0.5, 0.6) is 0 Å². The summed E-state index contributed by atoms with van der Waals surface area (Å²) in [7, 11) is 0. The summed E-state index contributed by atoms with van der Waals surface area (Å²) >= 11 is 5.95. The van der Waals surface area contributed by atoms with Gasteiger partial charge in [-0.05, 0) is 42.5 Å². The standard InChI is InChI=1S/C18H14ClN3O2/c19-16-9-2-1-8-15(16)17(23)21-18(24)20-13-6-5-7-14(12-13)22-10-3-4-11-22/h1-12H,(H2,20,21,23,24). The van der Waals surface area contributed by atoms with Crippen LogP contribution in [0.3, 0.4) is 0 Å². The van der Waals surface area contributed by atoms with Crippen LogP contribution in [-0.4, -0.2) is 16.5 Å². The molecule has 3 amide bonds. The molecule has 0 saturated carbocycles. The minimum absolute atomic E-state index is 0.246. The summed E-state index contributed by atoms with van der Waals surface area (Å²) in [4.78, 5) is 24.1. The van der Waals surface area contributed by atoms with Crippen LogP contribution in [0, 0.1) is 0 Å². The van der Waals surface area contributed by atoms with Gasteiger partial charge in [0.05, 0.1) is 10.6 Å². The van der Waals surface area contributed by atoms with Crippen LogP contribution in [0.2, 0.25) is 5.02 Å². The van der Waals surface area contributed by atoms with Crippen LogP contribution in [0.1, 0.15) is 10.4 Å². The van der Waals surface area contributed by atoms with Crippen LogP contribution < -0.4 is 10.6 Å². The molecule has 0 radical (unpaired) electrons. The van der Waals surface area contributed by atoms with Gasteiger partial charge in [0.25, 0.3) is 5.91 Å². The number of benzene rings is 2. The fourth-order valence-electron chi connectivity index (χ4n) is 2.23. The number of aromatic nitrogens is 1. The van der Waals surface area contributed by atoms with E-state index in [1.807, 2.05) is 41.2 Å². The summed E-state index contributed by atoms with van der Waals surface area (Å²) in [5.74, 6) is -0.556. The minimum atomic E-state index is -0.621. The average molecular weight is 340 g/mol. The molecule has 1 heterocycles. The zero-order valence-corrected chi connectivity index (χ0v) is 13.3. The number of anilines is 1. The number of nitrogens with one attached hydrogen (secondary N) is 2. The van der Waals surface area contributed by atoms with Gasteiger partial charge in [0.15, 0.2) is 0 Å². The predicted octanol–water partition coefficient (Wildman–Crippen LogP) is 4.09. The molecule has 120 valence electrons. The second kappa shape index (κ2) is 7.02. The van der Waals surface area contributed by atoms with Gasteiger partial charge in [-0.25, -0.2) is 4.79 Å². The highest BCUT2D eigenvalue weighted by molar-refractivity contribution is 6.34. The van der Waals surface area contributed by atoms with Gasteiger partial charge in [0, 0.05) is 23.8 Å². The number of urea groups is 1. The first-order chi connectivity index (χ1) is 11.6. The molecule has 0 saturated heterocycles. The maximum atomic E-state index is 12.1. The van der Waals surface area contributed by atoms with Crippen LogP contribution in [0.25, 0.3) is 5.69 Å². The Hall–Kier alpha value is -3.05. The number of rotatable bonds is 3. The maximum absolute atomic E-state index is 12.1. The molecular formula is C18H14ClN3O2. The van der Waals surface area contributed by atoms with Crippen LogP contribution in [0.15, 0.2) is 73.1 Å².